The molecule has 1 aliphatic carbocycles. The molecule has 0 saturated heterocycles. The summed E-state index contributed by atoms with van der Waals surface area (Å²) in [5.41, 5.74) is 1.42. The Balaban J connectivity index is 1.52. The predicted octanol–water partition coefficient (Wildman–Crippen LogP) is 2.93. The molecule has 1 heterocycles. The minimum absolute atomic E-state index is 0.0542. The van der Waals surface area contributed by atoms with Crippen LogP contribution in [-0.2, 0) is 21.1 Å². The zero-order chi connectivity index (χ0) is 22.4. The van der Waals surface area contributed by atoms with E-state index < -0.39 is 15.9 Å². The van der Waals surface area contributed by atoms with Crippen molar-refractivity contribution in [3.05, 3.63) is 41.6 Å². The molecule has 2 amide bonds. The van der Waals surface area contributed by atoms with Crippen LogP contribution in [0.15, 0.2) is 35.2 Å². The predicted molar refractivity (Wildman–Crippen MR) is 116 cm³/mol. The Morgan fingerprint density at radius 1 is 1.26 bits per heavy atom. The summed E-state index contributed by atoms with van der Waals surface area (Å²) in [6, 6.07) is 8.31. The van der Waals surface area contributed by atoms with Crippen molar-refractivity contribution in [2.24, 2.45) is 5.92 Å². The van der Waals surface area contributed by atoms with Crippen molar-refractivity contribution in [3.8, 4) is 0 Å². The van der Waals surface area contributed by atoms with Gasteiger partial charge in [-0.25, -0.2) is 13.2 Å². The number of hydrogen-bond donors (Lipinski definition) is 4. The number of aromatic nitrogens is 2. The number of carbonyl (C=O) groups is 2. The molecule has 31 heavy (non-hydrogen) atoms. The molecule has 2 atom stereocenters. The fourth-order valence-corrected chi connectivity index (χ4v) is 5.13. The molecule has 1 aromatic heterocycles. The van der Waals surface area contributed by atoms with Crippen molar-refractivity contribution in [1.82, 2.24) is 15.5 Å². The smallest absolute Gasteiger partial charge is 0.404 e. The van der Waals surface area contributed by atoms with Gasteiger partial charge < -0.3 is 15.7 Å². The Morgan fingerprint density at radius 2 is 2.03 bits per heavy atom. The van der Waals surface area contributed by atoms with Crippen LogP contribution in [0.1, 0.15) is 49.3 Å². The van der Waals surface area contributed by atoms with E-state index in [9.17, 15) is 18.0 Å². The van der Waals surface area contributed by atoms with Gasteiger partial charge in [-0.15, -0.1) is 0 Å². The number of nitrogens with zero attached hydrogens (tertiary/aromatic N) is 1. The second kappa shape index (κ2) is 9.95. The van der Waals surface area contributed by atoms with Gasteiger partial charge in [-0.3, -0.25) is 9.89 Å². The van der Waals surface area contributed by atoms with Crippen LogP contribution in [-0.4, -0.2) is 48.5 Å². The van der Waals surface area contributed by atoms with Crippen LogP contribution in [0, 0.1) is 5.92 Å². The number of hydrogen-bond acceptors (Lipinski definition) is 5. The maximum atomic E-state index is 12.4. The van der Waals surface area contributed by atoms with E-state index in [1.165, 1.54) is 6.07 Å². The molecule has 0 radical (unpaired) electrons. The number of sulfone groups is 1. The van der Waals surface area contributed by atoms with Crippen LogP contribution >= 0.6 is 0 Å². The molecule has 1 fully saturated rings. The highest BCUT2D eigenvalue weighted by Crippen LogP contribution is 2.40. The van der Waals surface area contributed by atoms with Crippen molar-refractivity contribution in [3.63, 3.8) is 0 Å². The fourth-order valence-electron chi connectivity index (χ4n) is 4.19. The molecule has 4 N–H and O–H groups in total. The second-order valence-electron chi connectivity index (χ2n) is 8.06. The van der Waals surface area contributed by atoms with E-state index in [0.717, 1.165) is 44.1 Å². The number of benzene rings is 1. The number of rotatable bonds is 9. The number of H-pyrrole nitrogens is 1. The van der Waals surface area contributed by atoms with Crippen LogP contribution in [0.5, 0.6) is 0 Å². The number of carboxylic acid groups (broad SMARTS) is 1. The first-order chi connectivity index (χ1) is 14.7. The first-order valence-electron chi connectivity index (χ1n) is 10.3. The average molecular weight is 449 g/mol. The molecule has 1 aromatic carbocycles. The number of nitrogens with one attached hydrogen (secondary N) is 3. The normalized spacial score (nSPS) is 18.6. The minimum Gasteiger partial charge on any atom is -0.465 e. The lowest BCUT2D eigenvalue weighted by atomic mass is 9.98. The van der Waals surface area contributed by atoms with E-state index in [1.807, 2.05) is 6.07 Å². The molecular weight excluding hydrogens is 420 g/mol. The highest BCUT2D eigenvalue weighted by atomic mass is 32.2. The molecular formula is C21H28N4O5S. The summed E-state index contributed by atoms with van der Waals surface area (Å²) in [4.78, 5) is 23.1. The Hall–Kier alpha value is -2.88. The standard InChI is InChI=1S/C21H28N4O5S/c1-31(29,30)18-7-3-2-6-16(18)12-20(26)23-19-13-17(24-25-19)15-9-8-14(11-15)5-4-10-22-21(27)28/h2-3,6-7,13-15,22H,4-5,8-12H2,1H3,(H,27,28)(H2,23,24,25,26). The Labute approximate surface area is 181 Å². The summed E-state index contributed by atoms with van der Waals surface area (Å²) in [6.07, 6.45) is 5.00. The van der Waals surface area contributed by atoms with E-state index in [0.29, 0.717) is 29.8 Å². The van der Waals surface area contributed by atoms with E-state index in [4.69, 9.17) is 5.11 Å². The van der Waals surface area contributed by atoms with Crippen LogP contribution < -0.4 is 10.6 Å². The van der Waals surface area contributed by atoms with Gasteiger partial charge in [0.05, 0.1) is 11.3 Å². The molecule has 0 aliphatic heterocycles. The van der Waals surface area contributed by atoms with Gasteiger partial charge in [0.15, 0.2) is 15.7 Å². The lowest BCUT2D eigenvalue weighted by molar-refractivity contribution is -0.115. The third-order valence-corrected chi connectivity index (χ3v) is 6.83. The van der Waals surface area contributed by atoms with Crippen LogP contribution in [0.3, 0.4) is 0 Å². The lowest BCUT2D eigenvalue weighted by Crippen LogP contribution is -2.22. The second-order valence-corrected chi connectivity index (χ2v) is 10.0. The molecule has 2 aromatic rings. The van der Waals surface area contributed by atoms with Crippen molar-refractivity contribution in [2.75, 3.05) is 18.1 Å². The van der Waals surface area contributed by atoms with Crippen molar-refractivity contribution in [1.29, 1.82) is 0 Å². The van der Waals surface area contributed by atoms with E-state index in [1.54, 1.807) is 18.2 Å². The number of aromatic amines is 1. The number of amides is 2. The number of carbonyl (C=O) groups excluding carboxylic acids is 1. The number of anilines is 1. The monoisotopic (exact) mass is 448 g/mol. The van der Waals surface area contributed by atoms with Crippen LogP contribution in [0.2, 0.25) is 0 Å². The fraction of sp³-hybridized carbons (Fsp3) is 0.476. The molecule has 1 saturated carbocycles. The summed E-state index contributed by atoms with van der Waals surface area (Å²) in [6.45, 7) is 0.471. The SMILES string of the molecule is CS(=O)(=O)c1ccccc1CC(=O)Nc1cc(C2CCC(CCCNC(=O)O)C2)[nH]n1. The van der Waals surface area contributed by atoms with Crippen LogP contribution in [0.25, 0.3) is 0 Å². The van der Waals surface area contributed by atoms with Gasteiger partial charge in [0.2, 0.25) is 5.91 Å². The molecule has 0 bridgehead atoms. The van der Waals surface area contributed by atoms with Crippen molar-refractivity contribution in [2.45, 2.75) is 49.3 Å². The first kappa shape index (κ1) is 22.8. The Bertz CT molecular complexity index is 1030. The third-order valence-electron chi connectivity index (χ3n) is 5.63. The van der Waals surface area contributed by atoms with E-state index in [-0.39, 0.29) is 17.2 Å². The van der Waals surface area contributed by atoms with Gasteiger partial charge in [-0.2, -0.15) is 5.10 Å². The summed E-state index contributed by atoms with van der Waals surface area (Å²) in [5.74, 6) is 0.978. The summed E-state index contributed by atoms with van der Waals surface area (Å²) in [5, 5.41) is 20.9. The van der Waals surface area contributed by atoms with Gasteiger partial charge >= 0.3 is 6.09 Å². The van der Waals surface area contributed by atoms with Gasteiger partial charge in [0.25, 0.3) is 0 Å². The molecule has 168 valence electrons. The summed E-state index contributed by atoms with van der Waals surface area (Å²) in [7, 11) is -3.41. The topological polar surface area (TPSA) is 141 Å². The van der Waals surface area contributed by atoms with Crippen LogP contribution in [0.4, 0.5) is 10.6 Å². The zero-order valence-electron chi connectivity index (χ0n) is 17.4. The Morgan fingerprint density at radius 3 is 2.77 bits per heavy atom. The Kier molecular flexibility index (Phi) is 7.32. The third kappa shape index (κ3) is 6.55. The highest BCUT2D eigenvalue weighted by molar-refractivity contribution is 7.90. The quantitative estimate of drug-likeness (QED) is 0.435. The van der Waals surface area contributed by atoms with Gasteiger partial charge in [-0.05, 0) is 49.7 Å². The van der Waals surface area contributed by atoms with E-state index in [2.05, 4.69) is 20.8 Å². The zero-order valence-corrected chi connectivity index (χ0v) is 18.2. The molecule has 3 rings (SSSR count). The maximum absolute atomic E-state index is 12.4. The molecule has 9 nitrogen and oxygen atoms in total. The lowest BCUT2D eigenvalue weighted by Gasteiger charge is -2.10. The van der Waals surface area contributed by atoms with Crippen molar-refractivity contribution < 1.29 is 23.1 Å². The maximum Gasteiger partial charge on any atom is 0.404 e. The average Bonchev–Trinajstić information content (AvgIpc) is 3.34. The van der Waals surface area contributed by atoms with Gasteiger partial charge in [-0.1, -0.05) is 18.2 Å². The van der Waals surface area contributed by atoms with Gasteiger partial charge in [0, 0.05) is 30.5 Å². The highest BCUT2D eigenvalue weighted by Gasteiger charge is 2.27. The largest absolute Gasteiger partial charge is 0.465 e. The molecule has 10 heteroatoms. The summed E-state index contributed by atoms with van der Waals surface area (Å²) >= 11 is 0. The first-order valence-corrected chi connectivity index (χ1v) is 12.2. The van der Waals surface area contributed by atoms with Gasteiger partial charge in [0.1, 0.15) is 0 Å². The molecule has 1 aliphatic rings. The van der Waals surface area contributed by atoms with Crippen molar-refractivity contribution >= 4 is 27.7 Å². The van der Waals surface area contributed by atoms with E-state index >= 15 is 0 Å². The molecule has 0 spiro atoms. The minimum atomic E-state index is -3.41. The molecule has 2 unspecified atom stereocenters. The summed E-state index contributed by atoms with van der Waals surface area (Å²) < 4.78 is 23.8.